The van der Waals surface area contributed by atoms with Gasteiger partial charge in [-0.1, -0.05) is 0 Å². The topological polar surface area (TPSA) is 117 Å². The second-order valence-corrected chi connectivity index (χ2v) is 10.2. The third kappa shape index (κ3) is 5.60. The third-order valence-electron chi connectivity index (χ3n) is 4.52. The molecule has 0 aliphatic heterocycles. The fraction of sp³-hybridized carbons (Fsp3) is 0.0870. The third-order valence-corrected chi connectivity index (χ3v) is 7.57. The van der Waals surface area contributed by atoms with Crippen molar-refractivity contribution >= 4 is 49.1 Å². The number of nitrogens with one attached hydrogen (secondary N) is 2. The molecule has 2 aromatic heterocycles. The van der Waals surface area contributed by atoms with E-state index in [9.17, 15) is 13.7 Å². The van der Waals surface area contributed by atoms with E-state index >= 15 is 0 Å². The van der Waals surface area contributed by atoms with Gasteiger partial charge in [0.15, 0.2) is 5.13 Å². The zero-order valence-corrected chi connectivity index (χ0v) is 20.4. The molecule has 8 nitrogen and oxygen atoms in total. The van der Waals surface area contributed by atoms with Gasteiger partial charge in [-0.05, 0) is 55.5 Å². The summed E-state index contributed by atoms with van der Waals surface area (Å²) < 4.78 is 32.8. The molecule has 0 spiro atoms. The molecule has 0 saturated carbocycles. The number of rotatable bonds is 9. The first-order valence-corrected chi connectivity index (χ1v) is 13.3. The Hall–Kier alpha value is -3.72. The molecule has 34 heavy (non-hydrogen) atoms. The maximum Gasteiger partial charge on any atom is 0.263 e. The van der Waals surface area contributed by atoms with Gasteiger partial charge in [-0.3, -0.25) is 4.72 Å². The van der Waals surface area contributed by atoms with Crippen molar-refractivity contribution in [2.24, 2.45) is 0 Å². The smallest absolute Gasteiger partial charge is 0.263 e. The Bertz CT molecular complexity index is 1420. The Morgan fingerprint density at radius 2 is 1.91 bits per heavy atom. The average Bonchev–Trinajstić information content (AvgIpc) is 3.53. The zero-order chi connectivity index (χ0) is 24.0. The van der Waals surface area contributed by atoms with Crippen LogP contribution >= 0.6 is 22.7 Å². The molecule has 4 aromatic rings. The molecule has 0 aliphatic carbocycles. The molecule has 2 heterocycles. The van der Waals surface area contributed by atoms with E-state index in [1.165, 1.54) is 41.0 Å². The van der Waals surface area contributed by atoms with Gasteiger partial charge < -0.3 is 10.1 Å². The first kappa shape index (κ1) is 23.4. The van der Waals surface area contributed by atoms with E-state index in [1.54, 1.807) is 23.7 Å². The second kappa shape index (κ2) is 10.5. The van der Waals surface area contributed by atoms with E-state index in [4.69, 9.17) is 4.74 Å². The summed E-state index contributed by atoms with van der Waals surface area (Å²) in [6, 6.07) is 16.0. The Kier molecular flexibility index (Phi) is 7.22. The van der Waals surface area contributed by atoms with E-state index in [-0.39, 0.29) is 4.90 Å². The summed E-state index contributed by atoms with van der Waals surface area (Å²) in [5.41, 5.74) is 2.69. The van der Waals surface area contributed by atoms with Crippen LogP contribution < -0.4 is 14.8 Å². The summed E-state index contributed by atoms with van der Waals surface area (Å²) in [6.45, 7) is 2.54. The first-order chi connectivity index (χ1) is 16.5. The number of sulfonamides is 1. The van der Waals surface area contributed by atoms with Crippen LogP contribution in [0.15, 0.2) is 76.6 Å². The molecular weight excluding hydrogens is 490 g/mol. The monoisotopic (exact) mass is 509 g/mol. The Balaban J connectivity index is 1.45. The van der Waals surface area contributed by atoms with E-state index in [1.807, 2.05) is 36.6 Å². The highest BCUT2D eigenvalue weighted by atomic mass is 32.2. The first-order valence-electron chi connectivity index (χ1n) is 10.1. The van der Waals surface area contributed by atoms with Gasteiger partial charge in [0.25, 0.3) is 10.0 Å². The lowest BCUT2D eigenvalue weighted by molar-refractivity contribution is 0.340. The highest BCUT2D eigenvalue weighted by Crippen LogP contribution is 2.28. The average molecular weight is 510 g/mol. The summed E-state index contributed by atoms with van der Waals surface area (Å²) in [6.07, 6.45) is 3.08. The summed E-state index contributed by atoms with van der Waals surface area (Å²) in [5, 5.41) is 17.1. The lowest BCUT2D eigenvalue weighted by Crippen LogP contribution is -2.12. The number of nitriles is 1. The lowest BCUT2D eigenvalue weighted by Gasteiger charge is -2.06. The van der Waals surface area contributed by atoms with Crippen molar-refractivity contribution in [1.29, 1.82) is 5.26 Å². The maximum atomic E-state index is 12.4. The minimum absolute atomic E-state index is 0.109. The number of hydrogen-bond acceptors (Lipinski definition) is 9. The standard InChI is InChI=1S/C23H19N5O3S3/c1-2-31-19-7-3-16(4-8-19)21-15-33-22(27-21)17(13-24)14-26-18-5-9-20(10-6-18)34(29,30)28-23-25-11-12-32-23/h3-12,14-15,26H,2H2,1H3,(H,25,28)/b17-14+. The minimum Gasteiger partial charge on any atom is -0.494 e. The van der Waals surface area contributed by atoms with Crippen molar-refractivity contribution in [2.45, 2.75) is 11.8 Å². The van der Waals surface area contributed by atoms with Crippen LogP contribution in [0.2, 0.25) is 0 Å². The number of thiazole rings is 2. The Morgan fingerprint density at radius 1 is 1.15 bits per heavy atom. The van der Waals surface area contributed by atoms with Crippen molar-refractivity contribution in [3.05, 3.63) is 76.7 Å². The number of nitrogens with zero attached hydrogens (tertiary/aromatic N) is 3. The fourth-order valence-corrected chi connectivity index (χ4v) is 5.48. The number of aromatic nitrogens is 2. The normalized spacial score (nSPS) is 11.6. The predicted molar refractivity (Wildman–Crippen MR) is 135 cm³/mol. The molecule has 0 fully saturated rings. The number of ether oxygens (including phenoxy) is 1. The SMILES string of the molecule is CCOc1ccc(-c2csc(/C(C#N)=C/Nc3ccc(S(=O)(=O)Nc4nccs4)cc3)n2)cc1. The van der Waals surface area contributed by atoms with Crippen LogP contribution in [0.1, 0.15) is 11.9 Å². The quantitative estimate of drug-likeness (QED) is 0.288. The van der Waals surface area contributed by atoms with Gasteiger partial charge >= 0.3 is 0 Å². The minimum atomic E-state index is -3.72. The molecule has 11 heteroatoms. The summed E-state index contributed by atoms with van der Waals surface area (Å²) in [7, 11) is -3.72. The molecule has 2 N–H and O–H groups in total. The van der Waals surface area contributed by atoms with Crippen molar-refractivity contribution in [3.63, 3.8) is 0 Å². The van der Waals surface area contributed by atoms with Crippen molar-refractivity contribution in [3.8, 4) is 23.1 Å². The van der Waals surface area contributed by atoms with Crippen molar-refractivity contribution < 1.29 is 13.2 Å². The molecule has 0 unspecified atom stereocenters. The van der Waals surface area contributed by atoms with Crippen molar-refractivity contribution in [2.75, 3.05) is 16.6 Å². The van der Waals surface area contributed by atoms with Crippen LogP contribution in [0, 0.1) is 11.3 Å². The summed E-state index contributed by atoms with van der Waals surface area (Å²) in [5.74, 6) is 0.793. The van der Waals surface area contributed by atoms with Gasteiger partial charge in [-0.15, -0.1) is 22.7 Å². The molecule has 0 atom stereocenters. The summed E-state index contributed by atoms with van der Waals surface area (Å²) >= 11 is 2.57. The van der Waals surface area contributed by atoms with Crippen LogP contribution in [0.3, 0.4) is 0 Å². The zero-order valence-electron chi connectivity index (χ0n) is 17.9. The van der Waals surface area contributed by atoms with Gasteiger partial charge in [-0.25, -0.2) is 18.4 Å². The molecule has 172 valence electrons. The lowest BCUT2D eigenvalue weighted by atomic mass is 10.2. The van der Waals surface area contributed by atoms with Gasteiger partial charge in [0.1, 0.15) is 22.4 Å². The highest BCUT2D eigenvalue weighted by molar-refractivity contribution is 7.93. The number of anilines is 2. The highest BCUT2D eigenvalue weighted by Gasteiger charge is 2.15. The fourth-order valence-electron chi connectivity index (χ4n) is 2.89. The summed E-state index contributed by atoms with van der Waals surface area (Å²) in [4.78, 5) is 8.62. The molecule has 0 amide bonds. The number of allylic oxidation sites excluding steroid dienone is 1. The molecule has 2 aromatic carbocycles. The van der Waals surface area contributed by atoms with Crippen molar-refractivity contribution in [1.82, 2.24) is 9.97 Å². The molecule has 0 aliphatic rings. The molecule has 0 bridgehead atoms. The maximum absolute atomic E-state index is 12.4. The Labute approximate surface area is 205 Å². The van der Waals surface area contributed by atoms with Crippen LogP contribution in [0.5, 0.6) is 5.75 Å². The Morgan fingerprint density at radius 3 is 2.56 bits per heavy atom. The van der Waals surface area contributed by atoms with Crippen LogP contribution in [-0.2, 0) is 10.0 Å². The van der Waals surface area contributed by atoms with Gasteiger partial charge in [0.05, 0.1) is 17.2 Å². The predicted octanol–water partition coefficient (Wildman–Crippen LogP) is 5.44. The van der Waals surface area contributed by atoms with Gasteiger partial charge in [0, 0.05) is 34.4 Å². The van der Waals surface area contributed by atoms with Gasteiger partial charge in [-0.2, -0.15) is 5.26 Å². The van der Waals surface area contributed by atoms with E-state index in [0.29, 0.717) is 28.0 Å². The number of hydrogen-bond donors (Lipinski definition) is 2. The van der Waals surface area contributed by atoms with E-state index in [2.05, 4.69) is 26.1 Å². The second-order valence-electron chi connectivity index (χ2n) is 6.78. The van der Waals surface area contributed by atoms with E-state index in [0.717, 1.165) is 17.0 Å². The van der Waals surface area contributed by atoms with Crippen LogP contribution in [0.4, 0.5) is 10.8 Å². The van der Waals surface area contributed by atoms with Gasteiger partial charge in [0.2, 0.25) is 0 Å². The number of benzene rings is 2. The molecule has 4 rings (SSSR count). The largest absolute Gasteiger partial charge is 0.494 e. The van der Waals surface area contributed by atoms with Crippen LogP contribution in [-0.4, -0.2) is 25.0 Å². The van der Waals surface area contributed by atoms with Crippen LogP contribution in [0.25, 0.3) is 16.8 Å². The molecule has 0 radical (unpaired) electrons. The molecule has 0 saturated heterocycles. The molecular formula is C23H19N5O3S3. The van der Waals surface area contributed by atoms with E-state index < -0.39 is 10.0 Å².